The molecule has 60 valence electrons. The molecule has 0 unspecified atom stereocenters. The molecular formula is C8H10ClNO. The summed E-state index contributed by atoms with van der Waals surface area (Å²) in [5.41, 5.74) is 7.17. The number of hydrogen-bond donors (Lipinski definition) is 2. The van der Waals surface area contributed by atoms with Crippen LogP contribution in [-0.4, -0.2) is 5.11 Å². The second-order valence-electron chi connectivity index (χ2n) is 2.28. The first kappa shape index (κ1) is 8.53. The van der Waals surface area contributed by atoms with Gasteiger partial charge in [0, 0.05) is 11.6 Å². The van der Waals surface area contributed by atoms with Crippen LogP contribution in [0.1, 0.15) is 11.1 Å². The zero-order valence-electron chi connectivity index (χ0n) is 6.05. The molecule has 11 heavy (non-hydrogen) atoms. The first-order valence-electron chi connectivity index (χ1n) is 3.36. The van der Waals surface area contributed by atoms with Crippen molar-refractivity contribution in [2.45, 2.75) is 13.2 Å². The van der Waals surface area contributed by atoms with Crippen molar-refractivity contribution in [1.82, 2.24) is 0 Å². The van der Waals surface area contributed by atoms with E-state index in [-0.39, 0.29) is 6.61 Å². The van der Waals surface area contributed by atoms with Crippen molar-refractivity contribution >= 4 is 11.6 Å². The van der Waals surface area contributed by atoms with E-state index in [0.717, 1.165) is 11.1 Å². The minimum Gasteiger partial charge on any atom is -0.392 e. The van der Waals surface area contributed by atoms with Gasteiger partial charge in [-0.3, -0.25) is 0 Å². The third kappa shape index (κ3) is 1.93. The average Bonchev–Trinajstić information content (AvgIpc) is 2.04. The highest BCUT2D eigenvalue weighted by molar-refractivity contribution is 6.30. The van der Waals surface area contributed by atoms with E-state index in [4.69, 9.17) is 22.4 Å². The predicted octanol–water partition coefficient (Wildman–Crippen LogP) is 1.29. The fraction of sp³-hybridized carbons (Fsp3) is 0.250. The molecule has 0 spiro atoms. The highest BCUT2D eigenvalue weighted by atomic mass is 35.5. The monoisotopic (exact) mass is 171 g/mol. The molecule has 0 amide bonds. The summed E-state index contributed by atoms with van der Waals surface area (Å²) in [4.78, 5) is 0. The third-order valence-corrected chi connectivity index (χ3v) is 1.79. The molecule has 0 aliphatic rings. The molecule has 0 saturated heterocycles. The topological polar surface area (TPSA) is 46.2 Å². The van der Waals surface area contributed by atoms with Crippen LogP contribution in [0.3, 0.4) is 0 Å². The Hall–Kier alpha value is -0.570. The highest BCUT2D eigenvalue weighted by Crippen LogP contribution is 2.15. The number of rotatable bonds is 2. The maximum atomic E-state index is 8.84. The van der Waals surface area contributed by atoms with E-state index in [1.807, 2.05) is 0 Å². The van der Waals surface area contributed by atoms with Crippen molar-refractivity contribution in [3.63, 3.8) is 0 Å². The van der Waals surface area contributed by atoms with Crippen LogP contribution in [-0.2, 0) is 13.2 Å². The van der Waals surface area contributed by atoms with E-state index < -0.39 is 0 Å². The van der Waals surface area contributed by atoms with Crippen LogP contribution < -0.4 is 5.73 Å². The first-order valence-corrected chi connectivity index (χ1v) is 3.74. The Bertz CT molecular complexity index is 250. The Labute approximate surface area is 70.6 Å². The van der Waals surface area contributed by atoms with Gasteiger partial charge in [0.2, 0.25) is 0 Å². The summed E-state index contributed by atoms with van der Waals surface area (Å²) < 4.78 is 0. The number of aliphatic hydroxyl groups is 1. The normalized spacial score (nSPS) is 10.1. The van der Waals surface area contributed by atoms with Crippen molar-refractivity contribution in [2.24, 2.45) is 5.73 Å². The lowest BCUT2D eigenvalue weighted by atomic mass is 10.1. The number of halogens is 1. The second kappa shape index (κ2) is 3.72. The summed E-state index contributed by atoms with van der Waals surface area (Å²) in [6, 6.07) is 5.30. The zero-order valence-corrected chi connectivity index (χ0v) is 6.80. The standard InChI is InChI=1S/C8H10ClNO/c9-8-2-1-6(5-11)7(3-8)4-10/h1-3,11H,4-5,10H2. The van der Waals surface area contributed by atoms with Crippen LogP contribution in [0.2, 0.25) is 5.02 Å². The number of nitrogens with two attached hydrogens (primary N) is 1. The van der Waals surface area contributed by atoms with Crippen LogP contribution >= 0.6 is 11.6 Å². The molecule has 3 heteroatoms. The molecule has 0 bridgehead atoms. The van der Waals surface area contributed by atoms with Gasteiger partial charge in [-0.05, 0) is 23.3 Å². The first-order chi connectivity index (χ1) is 5.27. The summed E-state index contributed by atoms with van der Waals surface area (Å²) >= 11 is 5.72. The number of benzene rings is 1. The molecule has 0 fully saturated rings. The molecule has 1 aromatic rings. The summed E-state index contributed by atoms with van der Waals surface area (Å²) in [6.07, 6.45) is 0. The lowest BCUT2D eigenvalue weighted by Gasteiger charge is -2.03. The van der Waals surface area contributed by atoms with E-state index >= 15 is 0 Å². The molecule has 0 radical (unpaired) electrons. The minimum absolute atomic E-state index is 0.0176. The van der Waals surface area contributed by atoms with E-state index in [2.05, 4.69) is 0 Å². The quantitative estimate of drug-likeness (QED) is 0.705. The molecule has 0 aliphatic carbocycles. The molecule has 0 aromatic heterocycles. The lowest BCUT2D eigenvalue weighted by Crippen LogP contribution is -2.01. The summed E-state index contributed by atoms with van der Waals surface area (Å²) in [5, 5.41) is 9.50. The summed E-state index contributed by atoms with van der Waals surface area (Å²) in [7, 11) is 0. The van der Waals surface area contributed by atoms with Crippen LogP contribution in [0.15, 0.2) is 18.2 Å². The Morgan fingerprint density at radius 3 is 2.64 bits per heavy atom. The average molecular weight is 172 g/mol. The van der Waals surface area contributed by atoms with Gasteiger partial charge in [0.25, 0.3) is 0 Å². The summed E-state index contributed by atoms with van der Waals surface area (Å²) in [5.74, 6) is 0. The molecule has 0 atom stereocenters. The minimum atomic E-state index is 0.0176. The van der Waals surface area contributed by atoms with Crippen molar-refractivity contribution in [3.05, 3.63) is 34.3 Å². The molecule has 1 aromatic carbocycles. The van der Waals surface area contributed by atoms with Crippen LogP contribution in [0.25, 0.3) is 0 Å². The number of aliphatic hydroxyl groups excluding tert-OH is 1. The van der Waals surface area contributed by atoms with E-state index in [1.165, 1.54) is 0 Å². The van der Waals surface area contributed by atoms with Gasteiger partial charge in [0.15, 0.2) is 0 Å². The predicted molar refractivity (Wildman–Crippen MR) is 45.3 cm³/mol. The molecule has 3 N–H and O–H groups in total. The lowest BCUT2D eigenvalue weighted by molar-refractivity contribution is 0.280. The Balaban J connectivity index is 3.06. The molecular weight excluding hydrogens is 162 g/mol. The van der Waals surface area contributed by atoms with Crippen molar-refractivity contribution < 1.29 is 5.11 Å². The van der Waals surface area contributed by atoms with Crippen LogP contribution in [0.4, 0.5) is 0 Å². The van der Waals surface area contributed by atoms with E-state index in [0.29, 0.717) is 11.6 Å². The van der Waals surface area contributed by atoms with Crippen molar-refractivity contribution in [1.29, 1.82) is 0 Å². The van der Waals surface area contributed by atoms with Gasteiger partial charge in [-0.15, -0.1) is 0 Å². The molecule has 0 saturated carbocycles. The largest absolute Gasteiger partial charge is 0.392 e. The van der Waals surface area contributed by atoms with Gasteiger partial charge in [0.05, 0.1) is 6.61 Å². The van der Waals surface area contributed by atoms with Gasteiger partial charge in [0.1, 0.15) is 0 Å². The fourth-order valence-electron chi connectivity index (χ4n) is 0.939. The van der Waals surface area contributed by atoms with Crippen LogP contribution in [0, 0.1) is 0 Å². The van der Waals surface area contributed by atoms with E-state index in [1.54, 1.807) is 18.2 Å². The van der Waals surface area contributed by atoms with Gasteiger partial charge in [-0.2, -0.15) is 0 Å². The number of hydrogen-bond acceptors (Lipinski definition) is 2. The van der Waals surface area contributed by atoms with Gasteiger partial charge in [-0.25, -0.2) is 0 Å². The van der Waals surface area contributed by atoms with Gasteiger partial charge < -0.3 is 10.8 Å². The molecule has 0 heterocycles. The maximum Gasteiger partial charge on any atom is 0.0685 e. The van der Waals surface area contributed by atoms with Crippen LogP contribution in [0.5, 0.6) is 0 Å². The van der Waals surface area contributed by atoms with Gasteiger partial charge >= 0.3 is 0 Å². The molecule has 1 rings (SSSR count). The Kier molecular flexibility index (Phi) is 2.88. The molecule has 0 aliphatic heterocycles. The molecule has 2 nitrogen and oxygen atoms in total. The Morgan fingerprint density at radius 1 is 1.36 bits per heavy atom. The highest BCUT2D eigenvalue weighted by Gasteiger charge is 1.99. The zero-order chi connectivity index (χ0) is 8.27. The van der Waals surface area contributed by atoms with Crippen molar-refractivity contribution in [3.8, 4) is 0 Å². The maximum absolute atomic E-state index is 8.84. The fourth-order valence-corrected chi connectivity index (χ4v) is 1.13. The second-order valence-corrected chi connectivity index (χ2v) is 2.71. The van der Waals surface area contributed by atoms with E-state index in [9.17, 15) is 0 Å². The smallest absolute Gasteiger partial charge is 0.0685 e. The van der Waals surface area contributed by atoms with Crippen molar-refractivity contribution in [2.75, 3.05) is 0 Å². The SMILES string of the molecule is NCc1cc(Cl)ccc1CO. The summed E-state index contributed by atoms with van der Waals surface area (Å²) in [6.45, 7) is 0.431. The van der Waals surface area contributed by atoms with Gasteiger partial charge in [-0.1, -0.05) is 17.7 Å². The Morgan fingerprint density at radius 2 is 2.09 bits per heavy atom. The third-order valence-electron chi connectivity index (χ3n) is 1.56.